The monoisotopic (exact) mass is 221 g/mol. The lowest BCUT2D eigenvalue weighted by Gasteiger charge is -2.13. The fourth-order valence-electron chi connectivity index (χ4n) is 2.04. The van der Waals surface area contributed by atoms with E-state index in [0.29, 0.717) is 0 Å². The zero-order chi connectivity index (χ0) is 10.7. The number of rotatable bonds is 3. The SMILES string of the molecule is NC(Cc1ccc(Cl)cc1)C1=CCCC1. The van der Waals surface area contributed by atoms with Crippen LogP contribution in [0.5, 0.6) is 0 Å². The second-order valence-corrected chi connectivity index (χ2v) is 4.54. The molecule has 0 amide bonds. The van der Waals surface area contributed by atoms with E-state index in [1.807, 2.05) is 12.1 Å². The highest BCUT2D eigenvalue weighted by atomic mass is 35.5. The first-order valence-electron chi connectivity index (χ1n) is 5.44. The van der Waals surface area contributed by atoms with Gasteiger partial charge in [-0.25, -0.2) is 0 Å². The molecule has 0 radical (unpaired) electrons. The minimum Gasteiger partial charge on any atom is -0.324 e. The third-order valence-corrected chi connectivity index (χ3v) is 3.17. The number of hydrogen-bond donors (Lipinski definition) is 1. The molecule has 1 aromatic rings. The maximum absolute atomic E-state index is 6.15. The van der Waals surface area contributed by atoms with E-state index >= 15 is 0 Å². The van der Waals surface area contributed by atoms with Crippen LogP contribution in [0.25, 0.3) is 0 Å². The Morgan fingerprint density at radius 3 is 2.60 bits per heavy atom. The molecular formula is C13H16ClN. The highest BCUT2D eigenvalue weighted by Gasteiger charge is 2.13. The molecule has 0 saturated carbocycles. The predicted molar refractivity (Wildman–Crippen MR) is 65.1 cm³/mol. The van der Waals surface area contributed by atoms with Crippen molar-refractivity contribution in [2.45, 2.75) is 31.7 Å². The standard InChI is InChI=1S/C13H16ClN/c14-12-7-5-10(6-8-12)9-13(15)11-3-1-2-4-11/h3,5-8,13H,1-2,4,9,15H2. The molecule has 2 rings (SSSR count). The van der Waals surface area contributed by atoms with Crippen LogP contribution in [0.4, 0.5) is 0 Å². The van der Waals surface area contributed by atoms with E-state index in [0.717, 1.165) is 11.4 Å². The molecule has 1 aromatic carbocycles. The number of benzene rings is 1. The van der Waals surface area contributed by atoms with E-state index < -0.39 is 0 Å². The molecule has 0 spiro atoms. The van der Waals surface area contributed by atoms with Crippen molar-refractivity contribution in [3.8, 4) is 0 Å². The molecule has 0 aliphatic heterocycles. The van der Waals surface area contributed by atoms with Gasteiger partial charge in [-0.15, -0.1) is 0 Å². The van der Waals surface area contributed by atoms with Crippen LogP contribution in [-0.4, -0.2) is 6.04 Å². The molecule has 1 nitrogen and oxygen atoms in total. The van der Waals surface area contributed by atoms with E-state index in [1.165, 1.54) is 30.4 Å². The van der Waals surface area contributed by atoms with Gasteiger partial charge in [0.25, 0.3) is 0 Å². The molecule has 80 valence electrons. The van der Waals surface area contributed by atoms with Crippen molar-refractivity contribution in [3.05, 3.63) is 46.5 Å². The van der Waals surface area contributed by atoms with Gasteiger partial charge in [0, 0.05) is 11.1 Å². The van der Waals surface area contributed by atoms with Crippen LogP contribution in [0.15, 0.2) is 35.9 Å². The van der Waals surface area contributed by atoms with Crippen LogP contribution < -0.4 is 5.73 Å². The summed E-state index contributed by atoms with van der Waals surface area (Å²) in [5, 5.41) is 0.785. The zero-order valence-electron chi connectivity index (χ0n) is 8.75. The van der Waals surface area contributed by atoms with E-state index in [2.05, 4.69) is 18.2 Å². The summed E-state index contributed by atoms with van der Waals surface area (Å²) >= 11 is 5.83. The summed E-state index contributed by atoms with van der Waals surface area (Å²) in [6.07, 6.45) is 6.85. The predicted octanol–water partition coefficient (Wildman–Crippen LogP) is 3.32. The number of halogens is 1. The van der Waals surface area contributed by atoms with Gasteiger partial charge in [-0.1, -0.05) is 35.4 Å². The molecule has 0 bridgehead atoms. The zero-order valence-corrected chi connectivity index (χ0v) is 9.50. The molecule has 15 heavy (non-hydrogen) atoms. The molecule has 0 aromatic heterocycles. The summed E-state index contributed by atoms with van der Waals surface area (Å²) in [6, 6.07) is 8.14. The normalized spacial score (nSPS) is 17.6. The fraction of sp³-hybridized carbons (Fsp3) is 0.385. The van der Waals surface area contributed by atoms with Crippen molar-refractivity contribution in [2.24, 2.45) is 5.73 Å². The van der Waals surface area contributed by atoms with Crippen molar-refractivity contribution in [3.63, 3.8) is 0 Å². The molecule has 0 fully saturated rings. The van der Waals surface area contributed by atoms with Crippen molar-refractivity contribution >= 4 is 11.6 Å². The first kappa shape index (κ1) is 10.7. The maximum atomic E-state index is 6.15. The summed E-state index contributed by atoms with van der Waals surface area (Å²) < 4.78 is 0. The highest BCUT2D eigenvalue weighted by molar-refractivity contribution is 6.30. The number of nitrogens with two attached hydrogens (primary N) is 1. The van der Waals surface area contributed by atoms with Crippen molar-refractivity contribution in [2.75, 3.05) is 0 Å². The molecule has 1 unspecified atom stereocenters. The first-order chi connectivity index (χ1) is 7.25. The lowest BCUT2D eigenvalue weighted by molar-refractivity contribution is 0.729. The molecule has 2 N–H and O–H groups in total. The van der Waals surface area contributed by atoms with Gasteiger partial charge in [0.1, 0.15) is 0 Å². The van der Waals surface area contributed by atoms with Crippen LogP contribution in [0.2, 0.25) is 5.02 Å². The van der Waals surface area contributed by atoms with Crippen LogP contribution in [0, 0.1) is 0 Å². The fourth-order valence-corrected chi connectivity index (χ4v) is 2.16. The first-order valence-corrected chi connectivity index (χ1v) is 5.82. The second-order valence-electron chi connectivity index (χ2n) is 4.11. The summed E-state index contributed by atoms with van der Waals surface area (Å²) in [5.74, 6) is 0. The van der Waals surface area contributed by atoms with Gasteiger partial charge in [-0.2, -0.15) is 0 Å². The maximum Gasteiger partial charge on any atom is 0.0406 e. The van der Waals surface area contributed by atoms with E-state index in [1.54, 1.807) is 0 Å². The van der Waals surface area contributed by atoms with E-state index in [-0.39, 0.29) is 6.04 Å². The van der Waals surface area contributed by atoms with Crippen LogP contribution in [0.3, 0.4) is 0 Å². The molecule has 0 saturated heterocycles. The van der Waals surface area contributed by atoms with Gasteiger partial charge in [0.2, 0.25) is 0 Å². The molecule has 1 aliphatic rings. The lowest BCUT2D eigenvalue weighted by Crippen LogP contribution is -2.24. The topological polar surface area (TPSA) is 26.0 Å². The molecular weight excluding hydrogens is 206 g/mol. The smallest absolute Gasteiger partial charge is 0.0406 e. The largest absolute Gasteiger partial charge is 0.324 e. The average Bonchev–Trinajstić information content (AvgIpc) is 2.74. The Hall–Kier alpha value is -0.790. The van der Waals surface area contributed by atoms with Crippen LogP contribution in [0.1, 0.15) is 24.8 Å². The number of hydrogen-bond acceptors (Lipinski definition) is 1. The van der Waals surface area contributed by atoms with Crippen molar-refractivity contribution < 1.29 is 0 Å². The van der Waals surface area contributed by atoms with Crippen molar-refractivity contribution in [1.29, 1.82) is 0 Å². The summed E-state index contributed by atoms with van der Waals surface area (Å²) in [6.45, 7) is 0. The quantitative estimate of drug-likeness (QED) is 0.779. The van der Waals surface area contributed by atoms with Gasteiger partial charge >= 0.3 is 0 Å². The second kappa shape index (κ2) is 4.82. The van der Waals surface area contributed by atoms with Gasteiger partial charge < -0.3 is 5.73 Å². The van der Waals surface area contributed by atoms with E-state index in [9.17, 15) is 0 Å². The molecule has 1 aliphatic carbocycles. The van der Waals surface area contributed by atoms with E-state index in [4.69, 9.17) is 17.3 Å². The Labute approximate surface area is 95.9 Å². The van der Waals surface area contributed by atoms with Crippen LogP contribution >= 0.6 is 11.6 Å². The third-order valence-electron chi connectivity index (χ3n) is 2.92. The average molecular weight is 222 g/mol. The minimum atomic E-state index is 0.189. The molecule has 0 heterocycles. The summed E-state index contributed by atoms with van der Waals surface area (Å²) in [7, 11) is 0. The number of allylic oxidation sites excluding steroid dienone is 1. The summed E-state index contributed by atoms with van der Waals surface area (Å²) in [5.41, 5.74) is 8.83. The van der Waals surface area contributed by atoms with Gasteiger partial charge in [0.05, 0.1) is 0 Å². The molecule has 1 atom stereocenters. The van der Waals surface area contributed by atoms with Crippen LogP contribution in [-0.2, 0) is 6.42 Å². The highest BCUT2D eigenvalue weighted by Crippen LogP contribution is 2.22. The van der Waals surface area contributed by atoms with Gasteiger partial charge in [0.15, 0.2) is 0 Å². The van der Waals surface area contributed by atoms with Gasteiger partial charge in [-0.3, -0.25) is 0 Å². The Morgan fingerprint density at radius 2 is 2.00 bits per heavy atom. The third kappa shape index (κ3) is 2.83. The Balaban J connectivity index is 1.99. The Morgan fingerprint density at radius 1 is 1.27 bits per heavy atom. The lowest BCUT2D eigenvalue weighted by atomic mass is 9.99. The summed E-state index contributed by atoms with van der Waals surface area (Å²) in [4.78, 5) is 0. The minimum absolute atomic E-state index is 0.189. The Bertz CT molecular complexity index is 353. The van der Waals surface area contributed by atoms with Gasteiger partial charge in [-0.05, 0) is 43.4 Å². The van der Waals surface area contributed by atoms with Crippen molar-refractivity contribution in [1.82, 2.24) is 0 Å². The Kier molecular flexibility index (Phi) is 3.45. The molecule has 2 heteroatoms.